The molecule has 1 aromatic heterocycles. The summed E-state index contributed by atoms with van der Waals surface area (Å²) in [6.07, 6.45) is 11.0. The highest BCUT2D eigenvalue weighted by Gasteiger charge is 2.31. The maximum absolute atomic E-state index is 12.9. The molecular formula is C28H36N4O2. The summed E-state index contributed by atoms with van der Waals surface area (Å²) < 4.78 is 2.19. The van der Waals surface area contributed by atoms with Crippen LogP contribution in [0.3, 0.4) is 0 Å². The molecule has 0 spiro atoms. The highest BCUT2D eigenvalue weighted by atomic mass is 16.2. The Morgan fingerprint density at radius 3 is 2.50 bits per heavy atom. The number of hydrogen-bond donors (Lipinski definition) is 0. The van der Waals surface area contributed by atoms with Crippen molar-refractivity contribution >= 4 is 22.7 Å². The molecule has 2 aromatic rings. The van der Waals surface area contributed by atoms with Gasteiger partial charge in [0.15, 0.2) is 0 Å². The van der Waals surface area contributed by atoms with Crippen LogP contribution in [0.25, 0.3) is 10.9 Å². The standard InChI is InChI=1S/C28H36N4O2/c1-30-19-25(22-10-13-31(14-11-22)28(34)23-6-2-3-7-23)24-15-20(8-9-26(24)30)16-27(33)32-12-4-5-21(17-29)18-32/h8-9,15,19,21-23H,2-7,10-14,16,18H2,1H3. The Bertz CT molecular complexity index is 1100. The fraction of sp³-hybridized carbons (Fsp3) is 0.607. The lowest BCUT2D eigenvalue weighted by atomic mass is 9.88. The van der Waals surface area contributed by atoms with E-state index in [9.17, 15) is 14.9 Å². The van der Waals surface area contributed by atoms with Gasteiger partial charge in [0.25, 0.3) is 0 Å². The van der Waals surface area contributed by atoms with E-state index in [1.54, 1.807) is 0 Å². The molecule has 2 aliphatic heterocycles. The van der Waals surface area contributed by atoms with E-state index in [4.69, 9.17) is 0 Å². The van der Waals surface area contributed by atoms with Gasteiger partial charge in [-0.3, -0.25) is 9.59 Å². The maximum Gasteiger partial charge on any atom is 0.227 e. The van der Waals surface area contributed by atoms with Gasteiger partial charge in [-0.1, -0.05) is 18.9 Å². The van der Waals surface area contributed by atoms with Crippen LogP contribution in [-0.2, 0) is 23.1 Å². The van der Waals surface area contributed by atoms with Crippen molar-refractivity contribution in [3.05, 3.63) is 35.5 Å². The molecule has 1 saturated carbocycles. The Kier molecular flexibility index (Phi) is 6.63. The number of benzene rings is 1. The third-order valence-corrected chi connectivity index (χ3v) is 8.35. The van der Waals surface area contributed by atoms with Crippen molar-refractivity contribution in [2.45, 2.75) is 63.7 Å². The lowest BCUT2D eigenvalue weighted by Gasteiger charge is -2.33. The lowest BCUT2D eigenvalue weighted by Crippen LogP contribution is -2.40. The summed E-state index contributed by atoms with van der Waals surface area (Å²) >= 11 is 0. The van der Waals surface area contributed by atoms with E-state index in [0.717, 1.165) is 63.7 Å². The van der Waals surface area contributed by atoms with Gasteiger partial charge in [-0.05, 0) is 67.7 Å². The van der Waals surface area contributed by atoms with Crippen LogP contribution in [0.4, 0.5) is 0 Å². The molecular weight excluding hydrogens is 424 g/mol. The van der Waals surface area contributed by atoms with Crippen molar-refractivity contribution in [2.75, 3.05) is 26.2 Å². The molecule has 180 valence electrons. The molecule has 1 atom stereocenters. The Hall–Kier alpha value is -2.81. The van der Waals surface area contributed by atoms with Gasteiger partial charge in [0, 0.05) is 56.2 Å². The molecule has 2 saturated heterocycles. The second-order valence-corrected chi connectivity index (χ2v) is 10.6. The number of aryl methyl sites for hydroxylation is 1. The molecule has 6 nitrogen and oxygen atoms in total. The van der Waals surface area contributed by atoms with Crippen LogP contribution in [0.5, 0.6) is 0 Å². The number of rotatable bonds is 4. The predicted octanol–water partition coefficient (Wildman–Crippen LogP) is 4.38. The molecule has 0 radical (unpaired) electrons. The van der Waals surface area contributed by atoms with Crippen LogP contribution in [0.2, 0.25) is 0 Å². The number of carbonyl (C=O) groups is 2. The molecule has 34 heavy (non-hydrogen) atoms. The van der Waals surface area contributed by atoms with Crippen molar-refractivity contribution in [3.8, 4) is 6.07 Å². The summed E-state index contributed by atoms with van der Waals surface area (Å²) in [6.45, 7) is 3.02. The predicted molar refractivity (Wildman–Crippen MR) is 132 cm³/mol. The van der Waals surface area contributed by atoms with Crippen molar-refractivity contribution in [1.29, 1.82) is 5.26 Å². The maximum atomic E-state index is 12.9. The average Bonchev–Trinajstić information content (AvgIpc) is 3.52. The highest BCUT2D eigenvalue weighted by Crippen LogP contribution is 2.36. The fourth-order valence-electron chi connectivity index (χ4n) is 6.34. The van der Waals surface area contributed by atoms with Gasteiger partial charge in [0.1, 0.15) is 0 Å². The molecule has 3 aliphatic rings. The molecule has 0 N–H and O–H groups in total. The van der Waals surface area contributed by atoms with E-state index in [0.29, 0.717) is 24.8 Å². The number of carbonyl (C=O) groups excluding carboxylic acids is 2. The minimum Gasteiger partial charge on any atom is -0.350 e. The topological polar surface area (TPSA) is 69.3 Å². The number of aromatic nitrogens is 1. The van der Waals surface area contributed by atoms with Crippen LogP contribution in [0.1, 0.15) is 68.4 Å². The number of amides is 2. The lowest BCUT2D eigenvalue weighted by molar-refractivity contribution is -0.136. The first-order valence-electron chi connectivity index (χ1n) is 13.1. The zero-order valence-corrected chi connectivity index (χ0v) is 20.3. The van der Waals surface area contributed by atoms with Crippen LogP contribution in [-0.4, -0.2) is 52.4 Å². The summed E-state index contributed by atoms with van der Waals surface area (Å²) in [7, 11) is 2.09. The van der Waals surface area contributed by atoms with Crippen molar-refractivity contribution in [3.63, 3.8) is 0 Å². The minimum absolute atomic E-state index is 0.0349. The summed E-state index contributed by atoms with van der Waals surface area (Å²) in [6, 6.07) is 8.73. The first-order chi connectivity index (χ1) is 16.5. The second kappa shape index (κ2) is 9.82. The summed E-state index contributed by atoms with van der Waals surface area (Å²) in [4.78, 5) is 29.8. The zero-order valence-electron chi connectivity index (χ0n) is 20.3. The molecule has 0 bridgehead atoms. The molecule has 3 heterocycles. The van der Waals surface area contributed by atoms with Crippen molar-refractivity contribution in [2.24, 2.45) is 18.9 Å². The van der Waals surface area contributed by atoms with Crippen molar-refractivity contribution < 1.29 is 9.59 Å². The Balaban J connectivity index is 1.28. The first kappa shape index (κ1) is 23.0. The smallest absolute Gasteiger partial charge is 0.227 e. The van der Waals surface area contributed by atoms with E-state index in [1.807, 2.05) is 4.90 Å². The number of hydrogen-bond acceptors (Lipinski definition) is 3. The molecule has 1 aliphatic carbocycles. The van der Waals surface area contributed by atoms with Gasteiger partial charge >= 0.3 is 0 Å². The van der Waals surface area contributed by atoms with Gasteiger partial charge in [0.05, 0.1) is 18.4 Å². The molecule has 5 rings (SSSR count). The number of nitriles is 1. The van der Waals surface area contributed by atoms with E-state index < -0.39 is 0 Å². The molecule has 3 fully saturated rings. The first-order valence-corrected chi connectivity index (χ1v) is 13.1. The van der Waals surface area contributed by atoms with Gasteiger partial charge in [-0.2, -0.15) is 5.26 Å². The number of nitrogens with zero attached hydrogens (tertiary/aromatic N) is 4. The Morgan fingerprint density at radius 1 is 1.00 bits per heavy atom. The van der Waals surface area contributed by atoms with E-state index in [-0.39, 0.29) is 17.7 Å². The Morgan fingerprint density at radius 2 is 1.76 bits per heavy atom. The molecule has 1 unspecified atom stereocenters. The number of likely N-dealkylation sites (tertiary alicyclic amines) is 2. The Labute approximate surface area is 202 Å². The summed E-state index contributed by atoms with van der Waals surface area (Å²) in [5.41, 5.74) is 3.58. The third-order valence-electron chi connectivity index (χ3n) is 8.35. The van der Waals surface area contributed by atoms with Crippen LogP contribution < -0.4 is 0 Å². The van der Waals surface area contributed by atoms with Gasteiger partial charge < -0.3 is 14.4 Å². The average molecular weight is 461 g/mol. The van der Waals surface area contributed by atoms with Crippen LogP contribution in [0.15, 0.2) is 24.4 Å². The van der Waals surface area contributed by atoms with Crippen molar-refractivity contribution in [1.82, 2.24) is 14.4 Å². The summed E-state index contributed by atoms with van der Waals surface area (Å²) in [5.74, 6) is 1.17. The van der Waals surface area contributed by atoms with Gasteiger partial charge in [0.2, 0.25) is 11.8 Å². The molecule has 2 amide bonds. The second-order valence-electron chi connectivity index (χ2n) is 10.6. The quantitative estimate of drug-likeness (QED) is 0.680. The van der Waals surface area contributed by atoms with E-state index >= 15 is 0 Å². The van der Waals surface area contributed by atoms with Crippen LogP contribution in [0, 0.1) is 23.2 Å². The minimum atomic E-state index is -0.0349. The molecule has 6 heteroatoms. The fourth-order valence-corrected chi connectivity index (χ4v) is 6.34. The highest BCUT2D eigenvalue weighted by molar-refractivity contribution is 5.87. The number of piperidine rings is 2. The third kappa shape index (κ3) is 4.58. The normalized spacial score (nSPS) is 22.3. The van der Waals surface area contributed by atoms with E-state index in [2.05, 4.69) is 47.0 Å². The van der Waals surface area contributed by atoms with Gasteiger partial charge in [-0.15, -0.1) is 0 Å². The molecule has 1 aromatic carbocycles. The monoisotopic (exact) mass is 460 g/mol. The zero-order chi connectivity index (χ0) is 23.7. The summed E-state index contributed by atoms with van der Waals surface area (Å²) in [5, 5.41) is 10.5. The number of fused-ring (bicyclic) bond motifs is 1. The largest absolute Gasteiger partial charge is 0.350 e. The SMILES string of the molecule is Cn1cc(C2CCN(C(=O)C3CCCC3)CC2)c2cc(CC(=O)N3CCCC(C#N)C3)ccc21. The van der Waals surface area contributed by atoms with Gasteiger partial charge in [-0.25, -0.2) is 0 Å². The van der Waals surface area contributed by atoms with E-state index in [1.165, 1.54) is 29.3 Å². The van der Waals surface area contributed by atoms with Crippen LogP contribution >= 0.6 is 0 Å².